The van der Waals surface area contributed by atoms with Gasteiger partial charge in [-0.1, -0.05) is 27.7 Å². The smallest absolute Gasteiger partial charge is 0.228 e. The summed E-state index contributed by atoms with van der Waals surface area (Å²) in [6, 6.07) is 0.220. The van der Waals surface area contributed by atoms with Gasteiger partial charge in [0, 0.05) is 19.1 Å². The SMILES string of the molecule is CC12CC3CC(C)(C1)CC(C(=O)N1CCC(N)C(C)(C)C1)(C3)C2. The van der Waals surface area contributed by atoms with E-state index in [0.29, 0.717) is 16.7 Å². The maximum atomic E-state index is 13.6. The van der Waals surface area contributed by atoms with Gasteiger partial charge in [-0.3, -0.25) is 4.79 Å². The van der Waals surface area contributed by atoms with Crippen LogP contribution in [0.25, 0.3) is 0 Å². The van der Waals surface area contributed by atoms with Crippen LogP contribution in [0.15, 0.2) is 0 Å². The Hall–Kier alpha value is -0.570. The lowest BCUT2D eigenvalue weighted by Gasteiger charge is -2.65. The highest BCUT2D eigenvalue weighted by atomic mass is 16.2. The summed E-state index contributed by atoms with van der Waals surface area (Å²) in [6.45, 7) is 11.1. The molecule has 1 amide bonds. The first-order valence-corrected chi connectivity index (χ1v) is 9.60. The second-order valence-corrected chi connectivity index (χ2v) is 11.0. The van der Waals surface area contributed by atoms with Crippen LogP contribution in [-0.2, 0) is 4.79 Å². The molecule has 3 nitrogen and oxygen atoms in total. The summed E-state index contributed by atoms with van der Waals surface area (Å²) >= 11 is 0. The van der Waals surface area contributed by atoms with Crippen molar-refractivity contribution in [2.24, 2.45) is 33.3 Å². The van der Waals surface area contributed by atoms with Crippen LogP contribution in [0.1, 0.15) is 72.6 Å². The molecule has 5 fully saturated rings. The van der Waals surface area contributed by atoms with Crippen molar-refractivity contribution in [1.29, 1.82) is 0 Å². The van der Waals surface area contributed by atoms with E-state index in [-0.39, 0.29) is 16.9 Å². The first-order chi connectivity index (χ1) is 10.6. The second kappa shape index (κ2) is 4.53. The van der Waals surface area contributed by atoms with E-state index in [1.807, 2.05) is 0 Å². The summed E-state index contributed by atoms with van der Waals surface area (Å²) in [7, 11) is 0. The minimum absolute atomic E-state index is 0.0456. The molecule has 5 aliphatic rings. The van der Waals surface area contributed by atoms with Crippen LogP contribution in [0.4, 0.5) is 0 Å². The molecule has 0 aromatic heterocycles. The molecule has 1 saturated heterocycles. The minimum Gasteiger partial charge on any atom is -0.342 e. The standard InChI is InChI=1S/C20H34N2O/c1-17(2)13-22(6-5-15(17)21)16(23)20-9-14-7-18(3,11-20)10-19(4,8-14)12-20/h14-15H,5-13,21H2,1-4H3. The molecule has 5 rings (SSSR count). The molecule has 3 atom stereocenters. The number of likely N-dealkylation sites (tertiary alicyclic amines) is 1. The predicted molar refractivity (Wildman–Crippen MR) is 92.8 cm³/mol. The van der Waals surface area contributed by atoms with Crippen molar-refractivity contribution in [3.05, 3.63) is 0 Å². The summed E-state index contributed by atoms with van der Waals surface area (Å²) in [4.78, 5) is 15.8. The third kappa shape index (κ3) is 2.37. The number of hydrogen-bond acceptors (Lipinski definition) is 2. The quantitative estimate of drug-likeness (QED) is 0.803. The summed E-state index contributed by atoms with van der Waals surface area (Å²) in [5.41, 5.74) is 7.09. The zero-order valence-corrected chi connectivity index (χ0v) is 15.5. The zero-order valence-electron chi connectivity index (χ0n) is 15.5. The van der Waals surface area contributed by atoms with Gasteiger partial charge in [-0.25, -0.2) is 0 Å². The Kier molecular flexibility index (Phi) is 3.14. The van der Waals surface area contributed by atoms with E-state index < -0.39 is 0 Å². The molecule has 0 radical (unpaired) electrons. The van der Waals surface area contributed by atoms with E-state index in [4.69, 9.17) is 5.73 Å². The van der Waals surface area contributed by atoms with Crippen molar-refractivity contribution in [3.8, 4) is 0 Å². The molecule has 4 bridgehead atoms. The first kappa shape index (κ1) is 15.9. The number of amides is 1. The topological polar surface area (TPSA) is 46.3 Å². The van der Waals surface area contributed by atoms with Gasteiger partial charge >= 0.3 is 0 Å². The largest absolute Gasteiger partial charge is 0.342 e. The molecule has 2 N–H and O–H groups in total. The van der Waals surface area contributed by atoms with E-state index in [1.54, 1.807) is 0 Å². The van der Waals surface area contributed by atoms with Gasteiger partial charge in [0.15, 0.2) is 0 Å². The van der Waals surface area contributed by atoms with Crippen LogP contribution in [0, 0.1) is 27.6 Å². The molecule has 0 spiro atoms. The first-order valence-electron chi connectivity index (χ1n) is 9.60. The van der Waals surface area contributed by atoms with Crippen molar-refractivity contribution >= 4 is 5.91 Å². The van der Waals surface area contributed by atoms with Crippen LogP contribution in [0.5, 0.6) is 0 Å². The molecule has 0 aromatic carbocycles. The van der Waals surface area contributed by atoms with Gasteiger partial charge in [0.2, 0.25) is 5.91 Å². The van der Waals surface area contributed by atoms with Crippen molar-refractivity contribution < 1.29 is 4.79 Å². The fraction of sp³-hybridized carbons (Fsp3) is 0.950. The van der Waals surface area contributed by atoms with Crippen LogP contribution < -0.4 is 5.73 Å². The summed E-state index contributed by atoms with van der Waals surface area (Å²) in [5, 5.41) is 0. The average Bonchev–Trinajstić information content (AvgIpc) is 2.37. The van der Waals surface area contributed by atoms with E-state index >= 15 is 0 Å². The van der Waals surface area contributed by atoms with Gasteiger partial charge in [-0.15, -0.1) is 0 Å². The van der Waals surface area contributed by atoms with Gasteiger partial charge in [0.05, 0.1) is 5.41 Å². The Morgan fingerprint density at radius 2 is 1.61 bits per heavy atom. The molecule has 3 unspecified atom stereocenters. The maximum absolute atomic E-state index is 13.6. The fourth-order valence-electron chi connectivity index (χ4n) is 7.57. The molecule has 1 heterocycles. The van der Waals surface area contributed by atoms with E-state index in [1.165, 1.54) is 19.3 Å². The highest BCUT2D eigenvalue weighted by molar-refractivity contribution is 5.83. The average molecular weight is 319 g/mol. The van der Waals surface area contributed by atoms with Crippen molar-refractivity contribution in [3.63, 3.8) is 0 Å². The Bertz CT molecular complexity index is 522. The van der Waals surface area contributed by atoms with Gasteiger partial charge in [0.25, 0.3) is 0 Å². The normalized spacial score (nSPS) is 51.1. The minimum atomic E-state index is -0.0551. The van der Waals surface area contributed by atoms with Crippen LogP contribution in [0.3, 0.4) is 0 Å². The van der Waals surface area contributed by atoms with Crippen molar-refractivity contribution in [1.82, 2.24) is 4.90 Å². The second-order valence-electron chi connectivity index (χ2n) is 11.0. The monoisotopic (exact) mass is 318 g/mol. The molecular formula is C20H34N2O. The van der Waals surface area contributed by atoms with Crippen LogP contribution >= 0.6 is 0 Å². The fourth-order valence-corrected chi connectivity index (χ4v) is 7.57. The van der Waals surface area contributed by atoms with Crippen molar-refractivity contribution in [2.75, 3.05) is 13.1 Å². The summed E-state index contributed by atoms with van der Waals surface area (Å²) in [6.07, 6.45) is 8.42. The highest BCUT2D eigenvalue weighted by Gasteiger charge is 2.63. The van der Waals surface area contributed by atoms with E-state index in [2.05, 4.69) is 32.6 Å². The molecular weight excluding hydrogens is 284 g/mol. The molecule has 3 heteroatoms. The van der Waals surface area contributed by atoms with Crippen LogP contribution in [-0.4, -0.2) is 29.9 Å². The number of rotatable bonds is 1. The summed E-state index contributed by atoms with van der Waals surface area (Å²) in [5.74, 6) is 1.25. The number of piperidine rings is 1. The number of carbonyl (C=O) groups is 1. The molecule has 4 saturated carbocycles. The Balaban J connectivity index is 1.61. The molecule has 1 aliphatic heterocycles. The van der Waals surface area contributed by atoms with E-state index in [0.717, 1.165) is 44.7 Å². The Morgan fingerprint density at radius 3 is 2.13 bits per heavy atom. The van der Waals surface area contributed by atoms with Gasteiger partial charge in [0.1, 0.15) is 0 Å². The maximum Gasteiger partial charge on any atom is 0.228 e. The lowest BCUT2D eigenvalue weighted by Crippen LogP contribution is -2.63. The third-order valence-corrected chi connectivity index (χ3v) is 7.68. The molecule has 130 valence electrons. The predicted octanol–water partition coefficient (Wildman–Crippen LogP) is 3.57. The molecule has 23 heavy (non-hydrogen) atoms. The van der Waals surface area contributed by atoms with Gasteiger partial charge in [-0.2, -0.15) is 0 Å². The Labute approximate surface area is 141 Å². The summed E-state index contributed by atoms with van der Waals surface area (Å²) < 4.78 is 0. The Morgan fingerprint density at radius 1 is 1.00 bits per heavy atom. The van der Waals surface area contributed by atoms with Crippen molar-refractivity contribution in [2.45, 2.75) is 78.7 Å². The molecule has 4 aliphatic carbocycles. The highest BCUT2D eigenvalue weighted by Crippen LogP contribution is 2.70. The van der Waals surface area contributed by atoms with Gasteiger partial charge in [-0.05, 0) is 67.1 Å². The number of hydrogen-bond donors (Lipinski definition) is 1. The number of nitrogens with two attached hydrogens (primary N) is 1. The van der Waals surface area contributed by atoms with Crippen LogP contribution in [0.2, 0.25) is 0 Å². The molecule has 0 aromatic rings. The number of carbonyl (C=O) groups excluding carboxylic acids is 1. The zero-order chi connectivity index (χ0) is 16.7. The van der Waals surface area contributed by atoms with E-state index in [9.17, 15) is 4.79 Å². The number of nitrogens with zero attached hydrogens (tertiary/aromatic N) is 1. The lowest BCUT2D eigenvalue weighted by molar-refractivity contribution is -0.182. The lowest BCUT2D eigenvalue weighted by atomic mass is 9.40. The third-order valence-electron chi connectivity index (χ3n) is 7.68. The van der Waals surface area contributed by atoms with Gasteiger partial charge < -0.3 is 10.6 Å².